The Morgan fingerprint density at radius 1 is 0.952 bits per heavy atom. The summed E-state index contributed by atoms with van der Waals surface area (Å²) in [5, 5.41) is 1.27. The fraction of sp³-hybridized carbons (Fsp3) is 0.250. The number of hydrogen-bond donors (Lipinski definition) is 0. The van der Waals surface area contributed by atoms with Gasteiger partial charge in [-0.05, 0) is 38.1 Å². The number of rotatable bonds is 5. The second-order valence-corrected chi connectivity index (χ2v) is 7.17. The molecular weight excluding hydrogens is 282 g/mol. The molecule has 2 rings (SSSR count). The largest absolute Gasteiger partial charge is 0.490 e. The van der Waals surface area contributed by atoms with Crippen LogP contribution in [0.1, 0.15) is 13.8 Å². The predicted octanol–water partition coefficient (Wildman–Crippen LogP) is 2.97. The Morgan fingerprint density at radius 3 is 2.10 bits per heavy atom. The van der Waals surface area contributed by atoms with Gasteiger partial charge in [0.15, 0.2) is 0 Å². The van der Waals surface area contributed by atoms with Crippen LogP contribution in [0.15, 0.2) is 54.6 Å². The van der Waals surface area contributed by atoms with Gasteiger partial charge < -0.3 is 9.26 Å². The predicted molar refractivity (Wildman–Crippen MR) is 88.3 cm³/mol. The van der Waals surface area contributed by atoms with E-state index >= 15 is 0 Å². The summed E-state index contributed by atoms with van der Waals surface area (Å²) < 4.78 is 24.5. The fourth-order valence-electron chi connectivity index (χ4n) is 2.02. The van der Waals surface area contributed by atoms with Gasteiger partial charge in [0.2, 0.25) is 0 Å². The van der Waals surface area contributed by atoms with Gasteiger partial charge in [0.1, 0.15) is 5.75 Å². The molecule has 21 heavy (non-hydrogen) atoms. The zero-order chi connectivity index (χ0) is 14.6. The van der Waals surface area contributed by atoms with E-state index < -0.39 is 7.37 Å². The smallest absolute Gasteiger partial charge is 0.264 e. The van der Waals surface area contributed by atoms with E-state index in [1.165, 1.54) is 7.11 Å². The van der Waals surface area contributed by atoms with Crippen molar-refractivity contribution in [3.05, 3.63) is 54.6 Å². The molecule has 109 valence electrons. The van der Waals surface area contributed by atoms with Crippen LogP contribution in [0.3, 0.4) is 0 Å². The highest BCUT2D eigenvalue weighted by Crippen LogP contribution is 2.46. The van der Waals surface area contributed by atoms with Crippen molar-refractivity contribution in [2.75, 3.05) is 7.11 Å². The summed E-state index contributed by atoms with van der Waals surface area (Å²) in [6.07, 6.45) is 0.0113. The lowest BCUT2D eigenvalue weighted by Gasteiger charge is -2.21. The lowest BCUT2D eigenvalue weighted by molar-refractivity contribution is 0.244. The topological polar surface area (TPSA) is 35.5 Å². The number of ether oxygens (including phenoxy) is 1. The quantitative estimate of drug-likeness (QED) is 0.629. The van der Waals surface area contributed by atoms with Crippen LogP contribution in [0.5, 0.6) is 5.75 Å². The third-order valence-corrected chi connectivity index (χ3v) is 5.39. The van der Waals surface area contributed by atoms with Gasteiger partial charge in [0, 0.05) is 20.8 Å². The Kier molecular flexibility index (Phi) is 6.26. The molecule has 3 nitrogen and oxygen atoms in total. The fourth-order valence-corrected chi connectivity index (χ4v) is 3.97. The van der Waals surface area contributed by atoms with Crippen LogP contribution in [0, 0.1) is 0 Å². The highest BCUT2D eigenvalue weighted by Gasteiger charge is 2.30. The van der Waals surface area contributed by atoms with Crippen molar-refractivity contribution in [3.63, 3.8) is 0 Å². The molecule has 0 fully saturated rings. The molecule has 0 spiro atoms. The van der Waals surface area contributed by atoms with Crippen LogP contribution in [0.2, 0.25) is 0 Å². The summed E-state index contributed by atoms with van der Waals surface area (Å²) in [7, 11) is -1.65. The molecule has 0 bridgehead atoms. The first-order valence-electron chi connectivity index (χ1n) is 6.55. The van der Waals surface area contributed by atoms with Crippen LogP contribution >= 0.6 is 7.37 Å². The van der Waals surface area contributed by atoms with Gasteiger partial charge in [-0.25, -0.2) is 0 Å². The molecular formula is C16H19BO3P. The molecule has 0 aliphatic rings. The van der Waals surface area contributed by atoms with Crippen LogP contribution < -0.4 is 15.3 Å². The lowest BCUT2D eigenvalue weighted by Crippen LogP contribution is -2.21. The van der Waals surface area contributed by atoms with E-state index in [1.807, 2.05) is 62.4 Å². The Hall–Kier alpha value is -1.51. The van der Waals surface area contributed by atoms with E-state index in [-0.39, 0.29) is 14.5 Å². The van der Waals surface area contributed by atoms with E-state index in [4.69, 9.17) is 9.26 Å². The van der Waals surface area contributed by atoms with E-state index in [2.05, 4.69) is 0 Å². The standard InChI is InChI=1S/C16H19O3P.B/c1-13(2)19-15-11-7-8-12-16(15)20(17,18-3)14-9-5-4-6-10-14;/h4-13H,1-3H3;. The molecule has 0 heterocycles. The maximum atomic E-state index is 13.3. The zero-order valence-corrected chi connectivity index (χ0v) is 13.4. The lowest BCUT2D eigenvalue weighted by atomic mass is 10.3. The molecule has 2 aromatic carbocycles. The Morgan fingerprint density at radius 2 is 1.52 bits per heavy atom. The molecule has 0 N–H and O–H groups in total. The van der Waals surface area contributed by atoms with E-state index in [0.29, 0.717) is 16.4 Å². The van der Waals surface area contributed by atoms with Crippen molar-refractivity contribution >= 4 is 26.4 Å². The maximum absolute atomic E-state index is 13.3. The normalized spacial score (nSPS) is 13.3. The van der Waals surface area contributed by atoms with Gasteiger partial charge in [-0.2, -0.15) is 0 Å². The van der Waals surface area contributed by atoms with Crippen LogP contribution in [-0.2, 0) is 9.09 Å². The molecule has 0 aromatic heterocycles. The van der Waals surface area contributed by atoms with Gasteiger partial charge in [-0.3, -0.25) is 4.57 Å². The Balaban J connectivity index is 0.00000220. The number of hydrogen-bond acceptors (Lipinski definition) is 3. The minimum absolute atomic E-state index is 0. The minimum atomic E-state index is -3.12. The van der Waals surface area contributed by atoms with Crippen molar-refractivity contribution in [3.8, 4) is 5.75 Å². The maximum Gasteiger partial charge on any atom is 0.264 e. The Bertz CT molecular complexity index is 614. The highest BCUT2D eigenvalue weighted by atomic mass is 31.2. The van der Waals surface area contributed by atoms with Crippen LogP contribution in [-0.4, -0.2) is 21.6 Å². The second-order valence-electron chi connectivity index (χ2n) is 4.70. The summed E-state index contributed by atoms with van der Waals surface area (Å²) in [5.41, 5.74) is 0. The molecule has 0 amide bonds. The van der Waals surface area contributed by atoms with Gasteiger partial charge in [-0.1, -0.05) is 30.3 Å². The van der Waals surface area contributed by atoms with E-state index in [9.17, 15) is 4.57 Å². The molecule has 0 saturated heterocycles. The molecule has 1 atom stereocenters. The third kappa shape index (κ3) is 3.78. The average molecular weight is 301 g/mol. The Labute approximate surface area is 128 Å². The minimum Gasteiger partial charge on any atom is -0.490 e. The van der Waals surface area contributed by atoms with Gasteiger partial charge in [0.05, 0.1) is 11.4 Å². The van der Waals surface area contributed by atoms with Crippen molar-refractivity contribution in [1.82, 2.24) is 0 Å². The first-order valence-corrected chi connectivity index (χ1v) is 8.18. The van der Waals surface area contributed by atoms with Gasteiger partial charge >= 0.3 is 0 Å². The molecule has 0 aliphatic heterocycles. The van der Waals surface area contributed by atoms with E-state index in [1.54, 1.807) is 6.07 Å². The number of benzene rings is 2. The molecule has 5 heteroatoms. The molecule has 0 saturated carbocycles. The SMILES string of the molecule is COP(=O)(c1ccccc1)c1ccccc1OC(C)C.[B]. The summed E-state index contributed by atoms with van der Waals surface area (Å²) in [6.45, 7) is 3.88. The molecule has 3 radical (unpaired) electrons. The summed E-state index contributed by atoms with van der Waals surface area (Å²) in [4.78, 5) is 0. The van der Waals surface area contributed by atoms with Crippen molar-refractivity contribution in [2.24, 2.45) is 0 Å². The average Bonchev–Trinajstić information content (AvgIpc) is 2.47. The van der Waals surface area contributed by atoms with Crippen molar-refractivity contribution < 1.29 is 13.8 Å². The molecule has 0 aliphatic carbocycles. The first-order chi connectivity index (χ1) is 9.58. The second kappa shape index (κ2) is 7.49. The van der Waals surface area contributed by atoms with Crippen LogP contribution in [0.4, 0.5) is 0 Å². The third-order valence-electron chi connectivity index (χ3n) is 2.90. The first kappa shape index (κ1) is 17.5. The van der Waals surface area contributed by atoms with E-state index in [0.717, 1.165) is 0 Å². The van der Waals surface area contributed by atoms with Crippen LogP contribution in [0.25, 0.3) is 0 Å². The van der Waals surface area contributed by atoms with Gasteiger partial charge in [0.25, 0.3) is 7.37 Å². The van der Waals surface area contributed by atoms with Crippen molar-refractivity contribution in [1.29, 1.82) is 0 Å². The molecule has 2 aromatic rings. The van der Waals surface area contributed by atoms with Crippen molar-refractivity contribution in [2.45, 2.75) is 20.0 Å². The summed E-state index contributed by atoms with van der Waals surface area (Å²) in [5.74, 6) is 0.608. The zero-order valence-electron chi connectivity index (χ0n) is 12.5. The number of para-hydroxylation sites is 1. The monoisotopic (exact) mass is 301 g/mol. The highest BCUT2D eigenvalue weighted by molar-refractivity contribution is 7.74. The molecule has 1 unspecified atom stereocenters. The summed E-state index contributed by atoms with van der Waals surface area (Å²) >= 11 is 0. The van der Waals surface area contributed by atoms with Gasteiger partial charge in [-0.15, -0.1) is 0 Å². The summed E-state index contributed by atoms with van der Waals surface area (Å²) in [6, 6.07) is 16.6.